The summed E-state index contributed by atoms with van der Waals surface area (Å²) in [7, 11) is 0. The SMILES string of the molecule is O=C1CN(C2CC2)C(=O)N1Cc1ccc(-n2cccn2)cc1. The molecule has 0 unspecified atom stereocenters. The Morgan fingerprint density at radius 2 is 1.91 bits per heavy atom. The van der Waals surface area contributed by atoms with Crippen molar-refractivity contribution in [2.24, 2.45) is 0 Å². The van der Waals surface area contributed by atoms with E-state index in [1.807, 2.05) is 36.5 Å². The van der Waals surface area contributed by atoms with Gasteiger partial charge in [0.25, 0.3) is 5.91 Å². The molecule has 1 aromatic carbocycles. The average molecular weight is 296 g/mol. The van der Waals surface area contributed by atoms with E-state index in [0.717, 1.165) is 24.1 Å². The average Bonchev–Trinajstić information content (AvgIpc) is 3.15. The summed E-state index contributed by atoms with van der Waals surface area (Å²) in [6.07, 6.45) is 5.63. The summed E-state index contributed by atoms with van der Waals surface area (Å²) in [5.74, 6) is -0.104. The summed E-state index contributed by atoms with van der Waals surface area (Å²) in [6, 6.07) is 9.72. The second-order valence-corrected chi connectivity index (χ2v) is 5.74. The van der Waals surface area contributed by atoms with Crippen LogP contribution in [0.4, 0.5) is 4.79 Å². The molecule has 22 heavy (non-hydrogen) atoms. The van der Waals surface area contributed by atoms with Gasteiger partial charge in [-0.1, -0.05) is 12.1 Å². The van der Waals surface area contributed by atoms with Crippen molar-refractivity contribution < 1.29 is 9.59 Å². The van der Waals surface area contributed by atoms with Gasteiger partial charge < -0.3 is 4.90 Å². The van der Waals surface area contributed by atoms with Crippen LogP contribution in [0.15, 0.2) is 42.7 Å². The molecule has 0 radical (unpaired) electrons. The third-order valence-electron chi connectivity index (χ3n) is 4.12. The second-order valence-electron chi connectivity index (χ2n) is 5.74. The zero-order valence-corrected chi connectivity index (χ0v) is 12.1. The molecular weight excluding hydrogens is 280 g/mol. The number of carbonyl (C=O) groups is 2. The van der Waals surface area contributed by atoms with E-state index in [1.165, 1.54) is 4.90 Å². The normalized spacial score (nSPS) is 18.4. The quantitative estimate of drug-likeness (QED) is 0.808. The van der Waals surface area contributed by atoms with Gasteiger partial charge in [0.2, 0.25) is 0 Å². The Kier molecular flexibility index (Phi) is 2.96. The lowest BCUT2D eigenvalue weighted by atomic mass is 10.2. The number of benzene rings is 1. The van der Waals surface area contributed by atoms with Gasteiger partial charge in [0.1, 0.15) is 6.54 Å². The molecule has 2 aromatic rings. The maximum Gasteiger partial charge on any atom is 0.327 e. The van der Waals surface area contributed by atoms with E-state index in [2.05, 4.69) is 5.10 Å². The first-order valence-electron chi connectivity index (χ1n) is 7.42. The molecule has 0 atom stereocenters. The second kappa shape index (κ2) is 4.98. The highest BCUT2D eigenvalue weighted by Crippen LogP contribution is 2.30. The fourth-order valence-corrected chi connectivity index (χ4v) is 2.75. The van der Waals surface area contributed by atoms with E-state index in [-0.39, 0.29) is 24.5 Å². The Morgan fingerprint density at radius 3 is 2.55 bits per heavy atom. The Morgan fingerprint density at radius 1 is 1.14 bits per heavy atom. The molecule has 2 aliphatic rings. The summed E-state index contributed by atoms with van der Waals surface area (Å²) >= 11 is 0. The van der Waals surface area contributed by atoms with E-state index >= 15 is 0 Å². The zero-order chi connectivity index (χ0) is 15.1. The number of amides is 3. The number of hydrogen-bond donors (Lipinski definition) is 0. The molecule has 0 bridgehead atoms. The van der Waals surface area contributed by atoms with Crippen molar-refractivity contribution in [1.82, 2.24) is 19.6 Å². The number of carbonyl (C=O) groups excluding carboxylic acids is 2. The predicted octanol–water partition coefficient (Wildman–Crippen LogP) is 1.80. The van der Waals surface area contributed by atoms with Gasteiger partial charge in [-0.3, -0.25) is 9.69 Å². The molecule has 2 heterocycles. The van der Waals surface area contributed by atoms with E-state index in [0.29, 0.717) is 6.54 Å². The monoisotopic (exact) mass is 296 g/mol. The molecule has 0 N–H and O–H groups in total. The molecule has 4 rings (SSSR count). The summed E-state index contributed by atoms with van der Waals surface area (Å²) < 4.78 is 1.77. The number of nitrogens with zero attached hydrogens (tertiary/aromatic N) is 4. The molecule has 2 fully saturated rings. The van der Waals surface area contributed by atoms with Crippen LogP contribution in [0.2, 0.25) is 0 Å². The van der Waals surface area contributed by atoms with Gasteiger partial charge in [-0.25, -0.2) is 9.48 Å². The standard InChI is InChI=1S/C16H16N4O2/c21-15-11-18(13-6-7-13)16(22)19(15)10-12-2-4-14(5-3-12)20-9-1-8-17-20/h1-5,8-9,13H,6-7,10-11H2. The third kappa shape index (κ3) is 2.26. The number of aromatic nitrogens is 2. The summed E-state index contributed by atoms with van der Waals surface area (Å²) in [6.45, 7) is 0.565. The smallest absolute Gasteiger partial charge is 0.312 e. The van der Waals surface area contributed by atoms with E-state index in [1.54, 1.807) is 15.8 Å². The van der Waals surface area contributed by atoms with Gasteiger partial charge in [-0.15, -0.1) is 0 Å². The number of urea groups is 1. The third-order valence-corrected chi connectivity index (χ3v) is 4.12. The Labute approximate surface area is 127 Å². The highest BCUT2D eigenvalue weighted by atomic mass is 16.2. The first-order valence-corrected chi connectivity index (χ1v) is 7.42. The molecular formula is C16H16N4O2. The number of hydrogen-bond acceptors (Lipinski definition) is 3. The van der Waals surface area contributed by atoms with E-state index in [4.69, 9.17) is 0 Å². The molecule has 1 aliphatic heterocycles. The number of imide groups is 1. The summed E-state index contributed by atoms with van der Waals surface area (Å²) in [5, 5.41) is 4.17. The molecule has 1 aromatic heterocycles. The minimum Gasteiger partial charge on any atom is -0.312 e. The van der Waals surface area contributed by atoms with E-state index < -0.39 is 0 Å². The largest absolute Gasteiger partial charge is 0.327 e. The van der Waals surface area contributed by atoms with Crippen molar-refractivity contribution >= 4 is 11.9 Å². The topological polar surface area (TPSA) is 58.4 Å². The highest BCUT2D eigenvalue weighted by molar-refractivity contribution is 6.02. The lowest BCUT2D eigenvalue weighted by Crippen LogP contribution is -2.33. The van der Waals surface area contributed by atoms with Crippen LogP contribution in [-0.4, -0.2) is 44.1 Å². The predicted molar refractivity (Wildman–Crippen MR) is 79.2 cm³/mol. The lowest BCUT2D eigenvalue weighted by molar-refractivity contribution is -0.125. The summed E-state index contributed by atoms with van der Waals surface area (Å²) in [5.41, 5.74) is 1.89. The molecule has 1 saturated heterocycles. The van der Waals surface area contributed by atoms with Crippen molar-refractivity contribution in [3.05, 3.63) is 48.3 Å². The van der Waals surface area contributed by atoms with Crippen LogP contribution >= 0.6 is 0 Å². The Balaban J connectivity index is 1.49. The number of rotatable bonds is 4. The van der Waals surface area contributed by atoms with Crippen LogP contribution in [0, 0.1) is 0 Å². The van der Waals surface area contributed by atoms with Crippen molar-refractivity contribution in [2.45, 2.75) is 25.4 Å². The van der Waals surface area contributed by atoms with Gasteiger partial charge in [0, 0.05) is 18.4 Å². The molecule has 1 aliphatic carbocycles. The molecule has 112 valence electrons. The summed E-state index contributed by atoms with van der Waals surface area (Å²) in [4.78, 5) is 27.4. The Bertz CT molecular complexity index is 704. The van der Waals surface area contributed by atoms with Crippen LogP contribution in [0.3, 0.4) is 0 Å². The van der Waals surface area contributed by atoms with Crippen LogP contribution in [0.5, 0.6) is 0 Å². The van der Waals surface area contributed by atoms with Crippen molar-refractivity contribution in [3.8, 4) is 5.69 Å². The minimum absolute atomic E-state index is 0.104. The maximum atomic E-state index is 12.3. The van der Waals surface area contributed by atoms with Crippen molar-refractivity contribution in [3.63, 3.8) is 0 Å². The van der Waals surface area contributed by atoms with Gasteiger partial charge in [0.15, 0.2) is 0 Å². The Hall–Kier alpha value is -2.63. The van der Waals surface area contributed by atoms with Crippen molar-refractivity contribution in [1.29, 1.82) is 0 Å². The molecule has 6 nitrogen and oxygen atoms in total. The van der Waals surface area contributed by atoms with Crippen LogP contribution < -0.4 is 0 Å². The van der Waals surface area contributed by atoms with Gasteiger partial charge in [0.05, 0.1) is 12.2 Å². The maximum absolute atomic E-state index is 12.3. The van der Waals surface area contributed by atoms with Crippen LogP contribution in [0.1, 0.15) is 18.4 Å². The molecule has 6 heteroatoms. The minimum atomic E-state index is -0.149. The lowest BCUT2D eigenvalue weighted by Gasteiger charge is -2.16. The van der Waals surface area contributed by atoms with Gasteiger partial charge >= 0.3 is 6.03 Å². The fourth-order valence-electron chi connectivity index (χ4n) is 2.75. The molecule has 0 spiro atoms. The fraction of sp³-hybridized carbons (Fsp3) is 0.312. The molecule has 1 saturated carbocycles. The highest BCUT2D eigenvalue weighted by Gasteiger charge is 2.43. The molecule has 3 amide bonds. The van der Waals surface area contributed by atoms with Crippen molar-refractivity contribution in [2.75, 3.05) is 6.54 Å². The first-order chi connectivity index (χ1) is 10.7. The first kappa shape index (κ1) is 13.1. The van der Waals surface area contributed by atoms with Gasteiger partial charge in [-0.2, -0.15) is 5.10 Å². The van der Waals surface area contributed by atoms with E-state index in [9.17, 15) is 9.59 Å². The van der Waals surface area contributed by atoms with Crippen LogP contribution in [-0.2, 0) is 11.3 Å². The van der Waals surface area contributed by atoms with Crippen LogP contribution in [0.25, 0.3) is 5.69 Å². The van der Waals surface area contributed by atoms with Gasteiger partial charge in [-0.05, 0) is 36.6 Å². The zero-order valence-electron chi connectivity index (χ0n) is 12.1.